The van der Waals surface area contributed by atoms with Crippen LogP contribution >= 0.6 is 24.0 Å². The van der Waals surface area contributed by atoms with Crippen LogP contribution in [0, 0.1) is 6.92 Å². The van der Waals surface area contributed by atoms with E-state index in [1.54, 1.807) is 16.8 Å². The summed E-state index contributed by atoms with van der Waals surface area (Å²) in [5, 5.41) is 5.04. The van der Waals surface area contributed by atoms with Gasteiger partial charge < -0.3 is 5.32 Å². The van der Waals surface area contributed by atoms with E-state index < -0.39 is 0 Å². The Balaban J connectivity index is 1.65. The molecule has 2 N–H and O–H groups in total. The van der Waals surface area contributed by atoms with E-state index in [4.69, 9.17) is 12.2 Å². The van der Waals surface area contributed by atoms with Crippen LogP contribution in [-0.2, 0) is 4.79 Å². The van der Waals surface area contributed by atoms with Gasteiger partial charge in [-0.2, -0.15) is 0 Å². The van der Waals surface area contributed by atoms with Gasteiger partial charge in [-0.15, -0.1) is 11.8 Å². The van der Waals surface area contributed by atoms with Crippen molar-refractivity contribution in [3.8, 4) is 0 Å². The fourth-order valence-electron chi connectivity index (χ4n) is 2.44. The molecule has 128 valence electrons. The summed E-state index contributed by atoms with van der Waals surface area (Å²) < 4.78 is 0. The Morgan fingerprint density at radius 3 is 2.68 bits per heavy atom. The number of carbonyl (C=O) groups is 1. The van der Waals surface area contributed by atoms with Gasteiger partial charge in [0.2, 0.25) is 0 Å². The van der Waals surface area contributed by atoms with Crippen LogP contribution in [0.5, 0.6) is 0 Å². The predicted molar refractivity (Wildman–Crippen MR) is 109 cm³/mol. The lowest BCUT2D eigenvalue weighted by Gasteiger charge is -2.24. The third-order valence-corrected chi connectivity index (χ3v) is 5.09. The van der Waals surface area contributed by atoms with Crippen LogP contribution in [0.25, 0.3) is 6.08 Å². The minimum Gasteiger partial charge on any atom is -0.331 e. The number of nitrogens with zero attached hydrogens (tertiary/aromatic N) is 1. The summed E-state index contributed by atoms with van der Waals surface area (Å²) in [7, 11) is 0. The summed E-state index contributed by atoms with van der Waals surface area (Å²) in [6.07, 6.45) is 4.02. The number of para-hydroxylation sites is 1. The number of nitrogens with one attached hydrogen (secondary N) is 2. The highest BCUT2D eigenvalue weighted by molar-refractivity contribution is 8.01. The summed E-state index contributed by atoms with van der Waals surface area (Å²) in [5.74, 6) is 0.450. The molecule has 0 bridgehead atoms. The van der Waals surface area contributed by atoms with Crippen LogP contribution < -0.4 is 10.7 Å². The summed E-state index contributed by atoms with van der Waals surface area (Å²) in [4.78, 5) is 12.2. The number of anilines is 1. The summed E-state index contributed by atoms with van der Waals surface area (Å²) in [6.45, 7) is 2.01. The Morgan fingerprint density at radius 1 is 1.20 bits per heavy atom. The normalized spacial score (nSPS) is 17.1. The zero-order chi connectivity index (χ0) is 17.6. The van der Waals surface area contributed by atoms with Gasteiger partial charge in [-0.25, -0.2) is 5.01 Å². The molecule has 1 amide bonds. The molecular formula is C19H19N3OS2. The van der Waals surface area contributed by atoms with E-state index in [1.165, 1.54) is 0 Å². The lowest BCUT2D eigenvalue weighted by Crippen LogP contribution is -2.48. The van der Waals surface area contributed by atoms with Crippen LogP contribution in [0.1, 0.15) is 11.1 Å². The molecule has 25 heavy (non-hydrogen) atoms. The first kappa shape index (κ1) is 17.5. The summed E-state index contributed by atoms with van der Waals surface area (Å²) >= 11 is 6.94. The van der Waals surface area contributed by atoms with Gasteiger partial charge >= 0.3 is 0 Å². The molecule has 1 unspecified atom stereocenters. The average molecular weight is 370 g/mol. The molecule has 1 heterocycles. The van der Waals surface area contributed by atoms with Crippen molar-refractivity contribution in [1.29, 1.82) is 0 Å². The number of rotatable bonds is 4. The van der Waals surface area contributed by atoms with Gasteiger partial charge in [0.25, 0.3) is 5.91 Å². The zero-order valence-corrected chi connectivity index (χ0v) is 15.4. The van der Waals surface area contributed by atoms with Gasteiger partial charge in [-0.05, 0) is 42.4 Å². The third-order valence-electron chi connectivity index (χ3n) is 3.77. The van der Waals surface area contributed by atoms with Crippen LogP contribution in [-0.4, -0.2) is 27.2 Å². The monoisotopic (exact) mass is 369 g/mol. The first-order valence-electron chi connectivity index (χ1n) is 7.93. The third kappa shape index (κ3) is 4.61. The number of thioether (sulfide) groups is 1. The van der Waals surface area contributed by atoms with Crippen molar-refractivity contribution in [3.63, 3.8) is 0 Å². The number of hydrogen-bond acceptors (Lipinski definition) is 3. The van der Waals surface area contributed by atoms with Gasteiger partial charge in [0.15, 0.2) is 5.11 Å². The van der Waals surface area contributed by atoms with E-state index in [0.717, 1.165) is 16.8 Å². The molecule has 0 radical (unpaired) electrons. The quantitative estimate of drug-likeness (QED) is 0.803. The van der Waals surface area contributed by atoms with Crippen LogP contribution in [0.3, 0.4) is 0 Å². The smallest absolute Gasteiger partial charge is 0.252 e. The molecule has 1 aliphatic heterocycles. The fraction of sp³-hybridized carbons (Fsp3) is 0.158. The highest BCUT2D eigenvalue weighted by Gasteiger charge is 2.30. The molecule has 2 aromatic carbocycles. The average Bonchev–Trinajstić information content (AvgIpc) is 2.96. The van der Waals surface area contributed by atoms with E-state index in [2.05, 4.69) is 10.7 Å². The van der Waals surface area contributed by atoms with Crippen LogP contribution in [0.2, 0.25) is 0 Å². The second-order valence-electron chi connectivity index (χ2n) is 5.62. The van der Waals surface area contributed by atoms with E-state index in [0.29, 0.717) is 10.9 Å². The van der Waals surface area contributed by atoms with Crippen LogP contribution in [0.15, 0.2) is 60.7 Å². The first-order valence-corrected chi connectivity index (χ1v) is 9.39. The molecule has 0 aliphatic carbocycles. The number of thiocarbonyl (C=S) groups is 1. The van der Waals surface area contributed by atoms with Crippen molar-refractivity contribution in [2.75, 3.05) is 11.1 Å². The Labute approximate surface area is 157 Å². The maximum Gasteiger partial charge on any atom is 0.252 e. The standard InChI is InChI=1S/C19H19N3OS2/c1-14-7-5-6-10-16(14)20-19(24)21-22-17(23)13-25-18(22)12-11-15-8-3-2-4-9-15/h2-12,18H,13H2,1H3,(H2,20,21,24). The number of amides is 1. The van der Waals surface area contributed by atoms with Crippen molar-refractivity contribution in [1.82, 2.24) is 10.4 Å². The van der Waals surface area contributed by atoms with E-state index >= 15 is 0 Å². The molecule has 1 aliphatic rings. The molecule has 0 aromatic heterocycles. The summed E-state index contributed by atoms with van der Waals surface area (Å²) in [5.41, 5.74) is 6.14. The second-order valence-corrected chi connectivity index (χ2v) is 7.13. The van der Waals surface area contributed by atoms with Crippen molar-refractivity contribution in [2.24, 2.45) is 0 Å². The SMILES string of the molecule is Cc1ccccc1NC(=S)NN1C(=O)CSC1C=Cc1ccccc1. The van der Waals surface area contributed by atoms with Crippen molar-refractivity contribution >= 4 is 46.8 Å². The summed E-state index contributed by atoms with van der Waals surface area (Å²) in [6, 6.07) is 17.9. The molecular weight excluding hydrogens is 350 g/mol. The zero-order valence-electron chi connectivity index (χ0n) is 13.8. The molecule has 1 fully saturated rings. The molecule has 0 spiro atoms. The lowest BCUT2D eigenvalue weighted by atomic mass is 10.2. The van der Waals surface area contributed by atoms with Gasteiger partial charge in [0.1, 0.15) is 5.37 Å². The van der Waals surface area contributed by atoms with E-state index in [-0.39, 0.29) is 11.3 Å². The molecule has 1 saturated heterocycles. The van der Waals surface area contributed by atoms with Crippen molar-refractivity contribution < 1.29 is 4.79 Å². The number of hydrazine groups is 1. The van der Waals surface area contributed by atoms with Gasteiger partial charge in [-0.1, -0.05) is 54.6 Å². The van der Waals surface area contributed by atoms with Gasteiger partial charge in [0, 0.05) is 5.69 Å². The number of carbonyl (C=O) groups excluding carboxylic acids is 1. The minimum absolute atomic E-state index is 0.0154. The van der Waals surface area contributed by atoms with Crippen molar-refractivity contribution in [2.45, 2.75) is 12.3 Å². The Hall–Kier alpha value is -2.31. The molecule has 3 rings (SSSR count). The molecule has 2 aromatic rings. The molecule has 1 atom stereocenters. The molecule has 6 heteroatoms. The highest BCUT2D eigenvalue weighted by Crippen LogP contribution is 2.25. The second kappa shape index (κ2) is 8.18. The van der Waals surface area contributed by atoms with E-state index in [9.17, 15) is 4.79 Å². The Kier molecular flexibility index (Phi) is 5.73. The van der Waals surface area contributed by atoms with Gasteiger partial charge in [0.05, 0.1) is 5.75 Å². The highest BCUT2D eigenvalue weighted by atomic mass is 32.2. The lowest BCUT2D eigenvalue weighted by molar-refractivity contribution is -0.129. The first-order chi connectivity index (χ1) is 12.1. The van der Waals surface area contributed by atoms with Gasteiger partial charge in [-0.3, -0.25) is 10.2 Å². The molecule has 4 nitrogen and oxygen atoms in total. The fourth-order valence-corrected chi connectivity index (χ4v) is 3.61. The number of hydrogen-bond donors (Lipinski definition) is 2. The minimum atomic E-state index is -0.0932. The maximum atomic E-state index is 12.2. The maximum absolute atomic E-state index is 12.2. The van der Waals surface area contributed by atoms with Crippen molar-refractivity contribution in [3.05, 3.63) is 71.8 Å². The number of aryl methyl sites for hydroxylation is 1. The van der Waals surface area contributed by atoms with Crippen LogP contribution in [0.4, 0.5) is 5.69 Å². The Morgan fingerprint density at radius 2 is 1.92 bits per heavy atom. The number of benzene rings is 2. The molecule has 0 saturated carbocycles. The topological polar surface area (TPSA) is 44.4 Å². The predicted octanol–water partition coefficient (Wildman–Crippen LogP) is 3.81. The van der Waals surface area contributed by atoms with E-state index in [1.807, 2.05) is 73.7 Å². The largest absolute Gasteiger partial charge is 0.331 e. The Bertz CT molecular complexity index is 792.